The summed E-state index contributed by atoms with van der Waals surface area (Å²) in [6.07, 6.45) is -5.55. The largest absolute Gasteiger partial charge is 0.481 e. The lowest BCUT2D eigenvalue weighted by atomic mass is 10.0. The quantitative estimate of drug-likeness (QED) is 0.257. The van der Waals surface area contributed by atoms with Crippen LogP contribution in [0.4, 0.5) is 23.7 Å². The lowest BCUT2D eigenvalue weighted by molar-refractivity contribution is -0.136. The molecular weight excluding hydrogens is 523 g/mol. The van der Waals surface area contributed by atoms with E-state index < -0.39 is 30.5 Å². The van der Waals surface area contributed by atoms with Crippen LogP contribution < -0.4 is 10.6 Å². The molecule has 212 valence electrons. The van der Waals surface area contributed by atoms with Crippen LogP contribution in [0.25, 0.3) is 0 Å². The second-order valence-corrected chi connectivity index (χ2v) is 9.77. The van der Waals surface area contributed by atoms with Crippen LogP contribution in [0.5, 0.6) is 0 Å². The van der Waals surface area contributed by atoms with Crippen molar-refractivity contribution in [2.75, 3.05) is 11.9 Å². The molecule has 3 amide bonds. The van der Waals surface area contributed by atoms with E-state index >= 15 is 0 Å². The molecule has 3 rings (SSSR count). The molecule has 40 heavy (non-hydrogen) atoms. The number of amides is 3. The minimum Gasteiger partial charge on any atom is -0.481 e. The fourth-order valence-electron chi connectivity index (χ4n) is 3.93. The number of hydrogen-bond donors (Lipinski definition) is 3. The number of carbonyl (C=O) groups is 3. The number of hydrogen-bond acceptors (Lipinski definition) is 3. The van der Waals surface area contributed by atoms with Gasteiger partial charge >= 0.3 is 18.2 Å². The van der Waals surface area contributed by atoms with Gasteiger partial charge in [-0.1, -0.05) is 62.4 Å². The van der Waals surface area contributed by atoms with Crippen molar-refractivity contribution in [2.45, 2.75) is 51.9 Å². The second kappa shape index (κ2) is 13.6. The van der Waals surface area contributed by atoms with Crippen molar-refractivity contribution in [3.05, 3.63) is 101 Å². The lowest BCUT2D eigenvalue weighted by Gasteiger charge is -2.24. The maximum absolute atomic E-state index is 13.3. The summed E-state index contributed by atoms with van der Waals surface area (Å²) >= 11 is 0. The number of alkyl halides is 3. The van der Waals surface area contributed by atoms with Gasteiger partial charge in [0.2, 0.25) is 0 Å². The molecule has 3 N–H and O–H groups in total. The third kappa shape index (κ3) is 9.76. The van der Waals surface area contributed by atoms with Crippen molar-refractivity contribution in [1.29, 1.82) is 0 Å². The number of carbonyl (C=O) groups excluding carboxylic acids is 2. The average molecular weight is 556 g/mol. The Balaban J connectivity index is 1.74. The first-order chi connectivity index (χ1) is 18.9. The van der Waals surface area contributed by atoms with Crippen LogP contribution in [0, 0.1) is 0 Å². The van der Waals surface area contributed by atoms with E-state index in [-0.39, 0.29) is 31.6 Å². The first-order valence-electron chi connectivity index (χ1n) is 12.8. The van der Waals surface area contributed by atoms with Gasteiger partial charge in [0.1, 0.15) is 0 Å². The first kappa shape index (κ1) is 30.2. The van der Waals surface area contributed by atoms with Crippen LogP contribution in [0.3, 0.4) is 0 Å². The fraction of sp³-hybridized carbons (Fsp3) is 0.300. The minimum atomic E-state index is -4.32. The van der Waals surface area contributed by atoms with Gasteiger partial charge in [0, 0.05) is 30.9 Å². The molecule has 0 saturated carbocycles. The standard InChI is InChI=1S/C30H32F3N3O4/c1-20(2)24-9-3-22(4-10-24)18-36(29(40)35-26-13-7-21(8-14-26)17-30(31,32)33)19-23-5-11-25(12-6-23)28(39)34-16-15-27(37)38/h3-14,20H,15-19H2,1-2H3,(H,34,39)(H,35,40)(H,37,38). The van der Waals surface area contributed by atoms with Gasteiger partial charge < -0.3 is 20.6 Å². The summed E-state index contributed by atoms with van der Waals surface area (Å²) in [6.45, 7) is 4.66. The number of carboxylic acid groups (broad SMARTS) is 1. The Labute approximate surface area is 231 Å². The molecular formula is C30H32F3N3O4. The number of nitrogens with one attached hydrogen (secondary N) is 2. The summed E-state index contributed by atoms with van der Waals surface area (Å²) in [5.41, 5.74) is 3.62. The number of carboxylic acids is 1. The molecule has 0 aromatic heterocycles. The molecule has 0 heterocycles. The first-order valence-corrected chi connectivity index (χ1v) is 12.8. The molecule has 0 fully saturated rings. The maximum Gasteiger partial charge on any atom is 0.393 e. The summed E-state index contributed by atoms with van der Waals surface area (Å²) in [5, 5.41) is 14.0. The molecule has 0 aliphatic heterocycles. The smallest absolute Gasteiger partial charge is 0.393 e. The van der Waals surface area contributed by atoms with Crippen molar-refractivity contribution >= 4 is 23.6 Å². The van der Waals surface area contributed by atoms with E-state index in [0.29, 0.717) is 17.2 Å². The highest BCUT2D eigenvalue weighted by molar-refractivity contribution is 5.94. The van der Waals surface area contributed by atoms with Gasteiger partial charge in [-0.05, 0) is 52.4 Å². The number of anilines is 1. The predicted octanol–water partition coefficient (Wildman–Crippen LogP) is 6.35. The van der Waals surface area contributed by atoms with Gasteiger partial charge in [-0.2, -0.15) is 13.2 Å². The third-order valence-corrected chi connectivity index (χ3v) is 6.13. The Hall–Kier alpha value is -4.34. The number of nitrogens with zero attached hydrogens (tertiary/aromatic N) is 1. The van der Waals surface area contributed by atoms with Gasteiger partial charge in [-0.15, -0.1) is 0 Å². The highest BCUT2D eigenvalue weighted by Gasteiger charge is 2.27. The van der Waals surface area contributed by atoms with E-state index in [1.165, 1.54) is 24.3 Å². The van der Waals surface area contributed by atoms with Crippen molar-refractivity contribution in [1.82, 2.24) is 10.2 Å². The Kier molecular flexibility index (Phi) is 10.3. The van der Waals surface area contributed by atoms with Gasteiger partial charge in [0.15, 0.2) is 0 Å². The van der Waals surface area contributed by atoms with Crippen LogP contribution in [-0.2, 0) is 24.3 Å². The summed E-state index contributed by atoms with van der Waals surface area (Å²) in [7, 11) is 0. The summed E-state index contributed by atoms with van der Waals surface area (Å²) in [5.74, 6) is -1.06. The SMILES string of the molecule is CC(C)c1ccc(CN(Cc2ccc(C(=O)NCCC(=O)O)cc2)C(=O)Nc2ccc(CC(F)(F)F)cc2)cc1. The van der Waals surface area contributed by atoms with E-state index in [4.69, 9.17) is 5.11 Å². The number of halogens is 3. The summed E-state index contributed by atoms with van der Waals surface area (Å²) < 4.78 is 38.0. The van der Waals surface area contributed by atoms with E-state index in [0.717, 1.165) is 16.7 Å². The van der Waals surface area contributed by atoms with E-state index in [9.17, 15) is 27.6 Å². The van der Waals surface area contributed by atoms with E-state index in [1.807, 2.05) is 24.3 Å². The molecule has 0 spiro atoms. The van der Waals surface area contributed by atoms with Gasteiger partial charge in [0.25, 0.3) is 5.91 Å². The monoisotopic (exact) mass is 555 g/mol. The van der Waals surface area contributed by atoms with E-state index in [1.54, 1.807) is 29.2 Å². The van der Waals surface area contributed by atoms with Crippen LogP contribution in [0.1, 0.15) is 58.8 Å². The normalized spacial score (nSPS) is 11.2. The molecule has 10 heteroatoms. The van der Waals surface area contributed by atoms with Gasteiger partial charge in [-0.3, -0.25) is 9.59 Å². The van der Waals surface area contributed by atoms with Crippen molar-refractivity contribution in [3.63, 3.8) is 0 Å². The summed E-state index contributed by atoms with van der Waals surface area (Å²) in [6, 6.07) is 19.6. The molecule has 0 aliphatic rings. The molecule has 3 aromatic rings. The predicted molar refractivity (Wildman–Crippen MR) is 146 cm³/mol. The number of benzene rings is 3. The van der Waals surface area contributed by atoms with Gasteiger partial charge in [0.05, 0.1) is 12.8 Å². The lowest BCUT2D eigenvalue weighted by Crippen LogP contribution is -2.34. The molecule has 0 radical (unpaired) electrons. The molecule has 0 bridgehead atoms. The molecule has 0 saturated heterocycles. The minimum absolute atomic E-state index is 0.0106. The molecule has 7 nitrogen and oxygen atoms in total. The summed E-state index contributed by atoms with van der Waals surface area (Å²) in [4.78, 5) is 37.7. The van der Waals surface area contributed by atoms with Crippen LogP contribution in [0.15, 0.2) is 72.8 Å². The highest BCUT2D eigenvalue weighted by Crippen LogP contribution is 2.23. The van der Waals surface area contributed by atoms with Crippen molar-refractivity contribution in [2.24, 2.45) is 0 Å². The highest BCUT2D eigenvalue weighted by atomic mass is 19.4. The zero-order valence-corrected chi connectivity index (χ0v) is 22.3. The van der Waals surface area contributed by atoms with Crippen LogP contribution in [-0.4, -0.2) is 40.6 Å². The molecule has 0 atom stereocenters. The Bertz CT molecular complexity index is 1290. The zero-order chi connectivity index (χ0) is 29.3. The van der Waals surface area contributed by atoms with Crippen molar-refractivity contribution in [3.8, 4) is 0 Å². The third-order valence-electron chi connectivity index (χ3n) is 6.13. The fourth-order valence-corrected chi connectivity index (χ4v) is 3.93. The molecule has 3 aromatic carbocycles. The Morgan fingerprint density at radius 1 is 0.825 bits per heavy atom. The Morgan fingerprint density at radius 3 is 1.85 bits per heavy atom. The Morgan fingerprint density at radius 2 is 1.35 bits per heavy atom. The van der Waals surface area contributed by atoms with Crippen LogP contribution in [0.2, 0.25) is 0 Å². The topological polar surface area (TPSA) is 98.7 Å². The zero-order valence-electron chi connectivity index (χ0n) is 22.3. The number of aliphatic carboxylic acids is 1. The maximum atomic E-state index is 13.3. The number of urea groups is 1. The molecule has 0 aliphatic carbocycles. The van der Waals surface area contributed by atoms with Crippen molar-refractivity contribution < 1.29 is 32.7 Å². The molecule has 0 unspecified atom stereocenters. The number of rotatable bonds is 11. The van der Waals surface area contributed by atoms with E-state index in [2.05, 4.69) is 24.5 Å². The second-order valence-electron chi connectivity index (χ2n) is 9.77. The van der Waals surface area contributed by atoms with Gasteiger partial charge in [-0.25, -0.2) is 4.79 Å². The van der Waals surface area contributed by atoms with Crippen LogP contribution >= 0.6 is 0 Å². The average Bonchev–Trinajstić information content (AvgIpc) is 2.89.